The van der Waals surface area contributed by atoms with Crippen molar-refractivity contribution < 1.29 is 14.3 Å². The Kier molecular flexibility index (Phi) is 5.44. The molecular formula is C13H19N5O3. The van der Waals surface area contributed by atoms with Gasteiger partial charge < -0.3 is 19.9 Å². The molecule has 0 unspecified atom stereocenters. The maximum Gasteiger partial charge on any atom is 0.274 e. The third-order valence-electron chi connectivity index (χ3n) is 3.25. The number of anilines is 1. The molecule has 0 radical (unpaired) electrons. The fourth-order valence-corrected chi connectivity index (χ4v) is 2.01. The Balaban J connectivity index is 1.89. The van der Waals surface area contributed by atoms with Gasteiger partial charge in [0.25, 0.3) is 5.91 Å². The molecule has 1 aliphatic heterocycles. The van der Waals surface area contributed by atoms with E-state index in [9.17, 15) is 9.59 Å². The summed E-state index contributed by atoms with van der Waals surface area (Å²) in [4.78, 5) is 26.2. The van der Waals surface area contributed by atoms with Crippen LogP contribution >= 0.6 is 0 Å². The van der Waals surface area contributed by atoms with Gasteiger partial charge in [0.05, 0.1) is 6.61 Å². The van der Waals surface area contributed by atoms with Crippen LogP contribution in [-0.4, -0.2) is 78.8 Å². The predicted molar refractivity (Wildman–Crippen MR) is 75.9 cm³/mol. The summed E-state index contributed by atoms with van der Waals surface area (Å²) in [6.45, 7) is 3.36. The van der Waals surface area contributed by atoms with Crippen LogP contribution in [0.15, 0.2) is 12.1 Å². The Morgan fingerprint density at radius 3 is 2.67 bits per heavy atom. The Morgan fingerprint density at radius 2 is 2.10 bits per heavy atom. The second-order valence-electron chi connectivity index (χ2n) is 4.66. The van der Waals surface area contributed by atoms with Gasteiger partial charge in [0, 0.05) is 39.8 Å². The standard InChI is InChI=1S/C13H19N5O3/c1-21-9-4-14-12-3-2-11(15-16-12)13(20)18-7-5-17(10-19)6-8-18/h2-3,10H,4-9H2,1H3,(H,14,16). The van der Waals surface area contributed by atoms with E-state index >= 15 is 0 Å². The lowest BCUT2D eigenvalue weighted by atomic mass is 10.2. The molecule has 8 heteroatoms. The smallest absolute Gasteiger partial charge is 0.274 e. The lowest BCUT2D eigenvalue weighted by Crippen LogP contribution is -2.48. The molecule has 0 atom stereocenters. The van der Waals surface area contributed by atoms with Crippen LogP contribution in [0.4, 0.5) is 5.82 Å². The van der Waals surface area contributed by atoms with E-state index in [4.69, 9.17) is 4.74 Å². The molecule has 0 spiro atoms. The molecule has 114 valence electrons. The molecule has 1 aromatic rings. The largest absolute Gasteiger partial charge is 0.383 e. The van der Waals surface area contributed by atoms with E-state index in [0.717, 1.165) is 6.41 Å². The number of rotatable bonds is 6. The van der Waals surface area contributed by atoms with E-state index in [1.807, 2.05) is 0 Å². The van der Waals surface area contributed by atoms with E-state index in [1.165, 1.54) is 0 Å². The molecule has 8 nitrogen and oxygen atoms in total. The molecule has 2 amide bonds. The first-order valence-electron chi connectivity index (χ1n) is 6.79. The van der Waals surface area contributed by atoms with Gasteiger partial charge in [-0.25, -0.2) is 0 Å². The highest BCUT2D eigenvalue weighted by Crippen LogP contribution is 2.07. The second kappa shape index (κ2) is 7.53. The highest BCUT2D eigenvalue weighted by molar-refractivity contribution is 5.92. The minimum atomic E-state index is -0.156. The summed E-state index contributed by atoms with van der Waals surface area (Å²) in [6, 6.07) is 3.37. The molecule has 1 fully saturated rings. The van der Waals surface area contributed by atoms with Gasteiger partial charge in [-0.2, -0.15) is 0 Å². The Hall–Kier alpha value is -2.22. The number of aromatic nitrogens is 2. The van der Waals surface area contributed by atoms with E-state index in [0.29, 0.717) is 50.8 Å². The molecule has 21 heavy (non-hydrogen) atoms. The van der Waals surface area contributed by atoms with E-state index < -0.39 is 0 Å². The van der Waals surface area contributed by atoms with Crippen LogP contribution in [0, 0.1) is 0 Å². The first-order chi connectivity index (χ1) is 10.2. The molecule has 1 saturated heterocycles. The minimum Gasteiger partial charge on any atom is -0.383 e. The molecule has 2 rings (SSSR count). The summed E-state index contributed by atoms with van der Waals surface area (Å²) in [7, 11) is 1.62. The summed E-state index contributed by atoms with van der Waals surface area (Å²) in [6.07, 6.45) is 0.808. The molecule has 1 aliphatic rings. The van der Waals surface area contributed by atoms with Crippen LogP contribution in [0.1, 0.15) is 10.5 Å². The maximum atomic E-state index is 12.2. The first kappa shape index (κ1) is 15.2. The van der Waals surface area contributed by atoms with Gasteiger partial charge in [0.1, 0.15) is 5.82 Å². The van der Waals surface area contributed by atoms with Crippen molar-refractivity contribution in [1.82, 2.24) is 20.0 Å². The fraction of sp³-hybridized carbons (Fsp3) is 0.538. The van der Waals surface area contributed by atoms with Crippen molar-refractivity contribution in [2.75, 3.05) is 51.8 Å². The summed E-state index contributed by atoms with van der Waals surface area (Å²) < 4.78 is 4.92. The number of nitrogens with zero attached hydrogens (tertiary/aromatic N) is 4. The van der Waals surface area contributed by atoms with Gasteiger partial charge in [-0.15, -0.1) is 10.2 Å². The number of hydrogen-bond donors (Lipinski definition) is 1. The lowest BCUT2D eigenvalue weighted by Gasteiger charge is -2.32. The predicted octanol–water partition coefficient (Wildman–Crippen LogP) is -0.551. The van der Waals surface area contributed by atoms with Crippen molar-refractivity contribution in [2.24, 2.45) is 0 Å². The van der Waals surface area contributed by atoms with Crippen molar-refractivity contribution in [3.8, 4) is 0 Å². The summed E-state index contributed by atoms with van der Waals surface area (Å²) >= 11 is 0. The van der Waals surface area contributed by atoms with Crippen LogP contribution in [0.5, 0.6) is 0 Å². The van der Waals surface area contributed by atoms with E-state index in [1.54, 1.807) is 29.0 Å². The summed E-state index contributed by atoms with van der Waals surface area (Å²) in [5.74, 6) is 0.450. The van der Waals surface area contributed by atoms with Crippen molar-refractivity contribution in [3.05, 3.63) is 17.8 Å². The molecular weight excluding hydrogens is 274 g/mol. The number of carbonyl (C=O) groups is 2. The summed E-state index contributed by atoms with van der Waals surface area (Å²) in [5, 5.41) is 10.9. The van der Waals surface area contributed by atoms with Crippen LogP contribution in [0.3, 0.4) is 0 Å². The van der Waals surface area contributed by atoms with Crippen molar-refractivity contribution in [1.29, 1.82) is 0 Å². The average molecular weight is 293 g/mol. The Labute approximate surface area is 123 Å². The van der Waals surface area contributed by atoms with Gasteiger partial charge >= 0.3 is 0 Å². The highest BCUT2D eigenvalue weighted by Gasteiger charge is 2.22. The average Bonchev–Trinajstić information content (AvgIpc) is 2.55. The van der Waals surface area contributed by atoms with Gasteiger partial charge in [0.2, 0.25) is 6.41 Å². The van der Waals surface area contributed by atoms with Crippen molar-refractivity contribution >= 4 is 18.1 Å². The van der Waals surface area contributed by atoms with Crippen LogP contribution in [-0.2, 0) is 9.53 Å². The number of hydrogen-bond acceptors (Lipinski definition) is 6. The van der Waals surface area contributed by atoms with Gasteiger partial charge in [0.15, 0.2) is 5.69 Å². The SMILES string of the molecule is COCCNc1ccc(C(=O)N2CCN(C=O)CC2)nn1. The third-order valence-corrected chi connectivity index (χ3v) is 3.25. The molecule has 0 saturated carbocycles. The number of nitrogens with one attached hydrogen (secondary N) is 1. The molecule has 2 heterocycles. The molecule has 1 aromatic heterocycles. The quantitative estimate of drug-likeness (QED) is 0.559. The molecule has 0 aliphatic carbocycles. The zero-order valence-corrected chi connectivity index (χ0v) is 12.0. The molecule has 1 N–H and O–H groups in total. The van der Waals surface area contributed by atoms with Crippen LogP contribution < -0.4 is 5.32 Å². The highest BCUT2D eigenvalue weighted by atomic mass is 16.5. The third kappa shape index (κ3) is 4.12. The van der Waals surface area contributed by atoms with Gasteiger partial charge in [-0.05, 0) is 12.1 Å². The Bertz CT molecular complexity index is 471. The van der Waals surface area contributed by atoms with E-state index in [2.05, 4.69) is 15.5 Å². The molecule has 0 bridgehead atoms. The number of carbonyl (C=O) groups excluding carboxylic acids is 2. The first-order valence-corrected chi connectivity index (χ1v) is 6.79. The summed E-state index contributed by atoms with van der Waals surface area (Å²) in [5.41, 5.74) is 0.312. The van der Waals surface area contributed by atoms with E-state index in [-0.39, 0.29) is 5.91 Å². The number of ether oxygens (including phenoxy) is 1. The maximum absolute atomic E-state index is 12.2. The number of amides is 2. The van der Waals surface area contributed by atoms with Crippen LogP contribution in [0.2, 0.25) is 0 Å². The number of piperazine rings is 1. The molecule has 0 aromatic carbocycles. The van der Waals surface area contributed by atoms with Gasteiger partial charge in [-0.3, -0.25) is 9.59 Å². The zero-order chi connectivity index (χ0) is 15.1. The number of methoxy groups -OCH3 is 1. The van der Waals surface area contributed by atoms with Crippen LogP contribution in [0.25, 0.3) is 0 Å². The van der Waals surface area contributed by atoms with Crippen molar-refractivity contribution in [3.63, 3.8) is 0 Å². The van der Waals surface area contributed by atoms with Crippen molar-refractivity contribution in [2.45, 2.75) is 0 Å². The minimum absolute atomic E-state index is 0.156. The monoisotopic (exact) mass is 293 g/mol. The zero-order valence-electron chi connectivity index (χ0n) is 12.0. The topological polar surface area (TPSA) is 87.7 Å². The van der Waals surface area contributed by atoms with Gasteiger partial charge in [-0.1, -0.05) is 0 Å². The normalized spacial score (nSPS) is 14.9. The lowest BCUT2D eigenvalue weighted by molar-refractivity contribution is -0.119. The Morgan fingerprint density at radius 1 is 1.33 bits per heavy atom. The fourth-order valence-electron chi connectivity index (χ4n) is 2.01. The second-order valence-corrected chi connectivity index (χ2v) is 4.66.